The number of carbonyl (C=O) groups is 2. The summed E-state index contributed by atoms with van der Waals surface area (Å²) in [4.78, 5) is 33.1. The van der Waals surface area contributed by atoms with Crippen molar-refractivity contribution in [2.75, 3.05) is 25.6 Å². The number of ether oxygens (including phenoxy) is 2. The molecule has 1 heterocycles. The summed E-state index contributed by atoms with van der Waals surface area (Å²) < 4.78 is 11.3. The van der Waals surface area contributed by atoms with Crippen molar-refractivity contribution in [1.29, 1.82) is 0 Å². The number of nitrogens with two attached hydrogens (primary N) is 1. The summed E-state index contributed by atoms with van der Waals surface area (Å²) in [5.74, 6) is -0.468. The smallest absolute Gasteiger partial charge is 0.307 e. The number of benzene rings is 2. The number of nitrogens with zero attached hydrogens (tertiary/aromatic N) is 2. The molecule has 0 saturated heterocycles. The predicted molar refractivity (Wildman–Crippen MR) is 147 cm³/mol. The summed E-state index contributed by atoms with van der Waals surface area (Å²) in [5.41, 5.74) is 7.48. The molecule has 0 aliphatic carbocycles. The number of fused-ring (bicyclic) bond motifs is 1. The van der Waals surface area contributed by atoms with Gasteiger partial charge in [-0.25, -0.2) is 9.97 Å². The fraction of sp³-hybridized carbons (Fsp3) is 0.385. The van der Waals surface area contributed by atoms with Crippen LogP contribution < -0.4 is 20.5 Å². The second-order valence-corrected chi connectivity index (χ2v) is 9.20. The lowest BCUT2D eigenvalue weighted by Gasteiger charge is -2.17. The van der Waals surface area contributed by atoms with E-state index in [1.165, 1.54) is 6.33 Å². The Morgan fingerprint density at radius 2 is 1.92 bits per heavy atom. The lowest BCUT2D eigenvalue weighted by molar-refractivity contribution is -0.145. The number of carbonyl (C=O) groups excluding carboxylic acids is 1. The number of Topliss-reactive ketones (excluding diaryl/α,β-unsaturated/α-hetero) is 1. The zero-order valence-electron chi connectivity index (χ0n) is 21.0. The minimum atomic E-state index is -0.972. The van der Waals surface area contributed by atoms with Crippen LogP contribution in [0.1, 0.15) is 32.3 Å². The first kappa shape index (κ1) is 30.1. The number of carboxylic acid groups (broad SMARTS) is 1. The molecule has 37 heavy (non-hydrogen) atoms. The summed E-state index contributed by atoms with van der Waals surface area (Å²) >= 11 is 6.26. The Morgan fingerprint density at radius 1 is 1.16 bits per heavy atom. The van der Waals surface area contributed by atoms with Crippen LogP contribution in [-0.4, -0.2) is 47.1 Å². The Hall–Kier alpha value is -3.14. The van der Waals surface area contributed by atoms with Crippen LogP contribution in [0, 0.1) is 11.8 Å². The highest BCUT2D eigenvalue weighted by molar-refractivity contribution is 6.31. The fourth-order valence-corrected chi connectivity index (χ4v) is 3.96. The molecular weight excluding hydrogens is 519 g/mol. The molecule has 3 rings (SSSR count). The first-order chi connectivity index (χ1) is 17.2. The zero-order valence-corrected chi connectivity index (χ0v) is 22.6. The average Bonchev–Trinajstić information content (AvgIpc) is 2.84. The molecule has 0 aliphatic heterocycles. The van der Waals surface area contributed by atoms with Gasteiger partial charge in [-0.15, -0.1) is 12.4 Å². The SMILES string of the molecule is COc1cc2ncnc(Nc3cc(Cl)ccc3CC(=O)C[C@H](C(=O)O)C(C)C)c2cc1OCCCN.Cl. The number of anilines is 2. The molecule has 0 spiro atoms. The maximum Gasteiger partial charge on any atom is 0.307 e. The molecule has 0 bridgehead atoms. The van der Waals surface area contributed by atoms with Crippen LogP contribution in [0.4, 0.5) is 11.5 Å². The van der Waals surface area contributed by atoms with Crippen molar-refractivity contribution in [3.8, 4) is 11.5 Å². The summed E-state index contributed by atoms with van der Waals surface area (Å²) in [5, 5.41) is 13.9. The number of aromatic nitrogens is 2. The number of ketones is 1. The third kappa shape index (κ3) is 7.92. The summed E-state index contributed by atoms with van der Waals surface area (Å²) in [7, 11) is 1.56. The van der Waals surface area contributed by atoms with E-state index in [0.717, 1.165) is 0 Å². The first-order valence-corrected chi connectivity index (χ1v) is 12.1. The number of hydrogen-bond acceptors (Lipinski definition) is 8. The van der Waals surface area contributed by atoms with Gasteiger partial charge in [-0.3, -0.25) is 9.59 Å². The quantitative estimate of drug-likeness (QED) is 0.250. The number of hydrogen-bond donors (Lipinski definition) is 3. The van der Waals surface area contributed by atoms with Gasteiger partial charge in [0, 0.05) is 35.0 Å². The second kappa shape index (κ2) is 14.0. The third-order valence-electron chi connectivity index (χ3n) is 5.81. The predicted octanol–water partition coefficient (Wildman–Crippen LogP) is 5.04. The first-order valence-electron chi connectivity index (χ1n) is 11.7. The van der Waals surface area contributed by atoms with E-state index in [4.69, 9.17) is 26.8 Å². The lowest BCUT2D eigenvalue weighted by Crippen LogP contribution is -2.23. The van der Waals surface area contributed by atoms with Gasteiger partial charge in [0.1, 0.15) is 17.9 Å². The molecule has 0 amide bonds. The fourth-order valence-electron chi connectivity index (χ4n) is 3.79. The van der Waals surface area contributed by atoms with Crippen molar-refractivity contribution in [3.63, 3.8) is 0 Å². The Morgan fingerprint density at radius 3 is 2.57 bits per heavy atom. The monoisotopic (exact) mass is 550 g/mol. The Labute approximate surface area is 227 Å². The van der Waals surface area contributed by atoms with E-state index < -0.39 is 11.9 Å². The van der Waals surface area contributed by atoms with Gasteiger partial charge in [0.25, 0.3) is 0 Å². The van der Waals surface area contributed by atoms with Gasteiger partial charge >= 0.3 is 5.97 Å². The van der Waals surface area contributed by atoms with Crippen LogP contribution in [0.2, 0.25) is 5.02 Å². The maximum atomic E-state index is 12.8. The Balaban J connectivity index is 0.00000481. The van der Waals surface area contributed by atoms with Crippen LogP contribution in [0.3, 0.4) is 0 Å². The number of carboxylic acids is 1. The Bertz CT molecular complexity index is 1240. The van der Waals surface area contributed by atoms with E-state index in [-0.39, 0.29) is 36.9 Å². The van der Waals surface area contributed by atoms with Crippen molar-refractivity contribution in [2.45, 2.75) is 33.1 Å². The minimum Gasteiger partial charge on any atom is -0.493 e. The maximum absolute atomic E-state index is 12.8. The number of halogens is 2. The number of aliphatic carboxylic acids is 1. The molecule has 4 N–H and O–H groups in total. The highest BCUT2D eigenvalue weighted by Crippen LogP contribution is 2.35. The molecule has 0 unspecified atom stereocenters. The molecule has 1 aromatic heterocycles. The largest absolute Gasteiger partial charge is 0.493 e. The average molecular weight is 551 g/mol. The minimum absolute atomic E-state index is 0. The lowest BCUT2D eigenvalue weighted by atomic mass is 9.89. The molecular formula is C26H32Cl2N4O5. The van der Waals surface area contributed by atoms with E-state index in [9.17, 15) is 14.7 Å². The molecule has 200 valence electrons. The van der Waals surface area contributed by atoms with Crippen molar-refractivity contribution in [1.82, 2.24) is 9.97 Å². The molecule has 11 heteroatoms. The highest BCUT2D eigenvalue weighted by atomic mass is 35.5. The van der Waals surface area contributed by atoms with Crippen LogP contribution in [0.15, 0.2) is 36.7 Å². The van der Waals surface area contributed by atoms with Gasteiger partial charge in [0.2, 0.25) is 0 Å². The van der Waals surface area contributed by atoms with Gasteiger partial charge in [-0.1, -0.05) is 31.5 Å². The standard InChI is InChI=1S/C26H31ClN4O5.ClH/c1-15(2)19(26(33)34)11-18(32)9-16-5-6-17(27)10-21(16)31-25-20-12-24(36-8-4-7-28)23(35-3)13-22(20)29-14-30-25;/h5-6,10,12-15,19H,4,7-9,11,28H2,1-3H3,(H,33,34)(H,29,30,31);1H/t19-;/m0./s1. The topological polar surface area (TPSA) is 137 Å². The molecule has 0 saturated carbocycles. The van der Waals surface area contributed by atoms with Crippen LogP contribution >= 0.6 is 24.0 Å². The van der Waals surface area contributed by atoms with E-state index in [1.54, 1.807) is 51.3 Å². The summed E-state index contributed by atoms with van der Waals surface area (Å²) in [6, 6.07) is 8.71. The van der Waals surface area contributed by atoms with Crippen LogP contribution in [0.5, 0.6) is 11.5 Å². The van der Waals surface area contributed by atoms with E-state index in [0.29, 0.717) is 64.1 Å². The van der Waals surface area contributed by atoms with Gasteiger partial charge in [0.05, 0.1) is 25.2 Å². The molecule has 0 fully saturated rings. The van der Waals surface area contributed by atoms with Crippen molar-refractivity contribution < 1.29 is 24.2 Å². The molecule has 0 radical (unpaired) electrons. The van der Waals surface area contributed by atoms with E-state index >= 15 is 0 Å². The molecule has 3 aromatic rings. The Kier molecular flexibility index (Phi) is 11.4. The van der Waals surface area contributed by atoms with Crippen molar-refractivity contribution >= 4 is 58.2 Å². The van der Waals surface area contributed by atoms with Gasteiger partial charge in [-0.2, -0.15) is 0 Å². The highest BCUT2D eigenvalue weighted by Gasteiger charge is 2.25. The van der Waals surface area contributed by atoms with Gasteiger partial charge in [-0.05, 0) is 42.6 Å². The van der Waals surface area contributed by atoms with Crippen LogP contribution in [-0.2, 0) is 16.0 Å². The summed E-state index contributed by atoms with van der Waals surface area (Å²) in [6.45, 7) is 4.53. The van der Waals surface area contributed by atoms with Crippen molar-refractivity contribution in [3.05, 3.63) is 47.2 Å². The van der Waals surface area contributed by atoms with E-state index in [1.807, 2.05) is 0 Å². The molecule has 2 aromatic carbocycles. The van der Waals surface area contributed by atoms with Gasteiger partial charge < -0.3 is 25.6 Å². The van der Waals surface area contributed by atoms with E-state index in [2.05, 4.69) is 15.3 Å². The van der Waals surface area contributed by atoms with Crippen LogP contribution in [0.25, 0.3) is 10.9 Å². The summed E-state index contributed by atoms with van der Waals surface area (Å²) in [6.07, 6.45) is 2.13. The third-order valence-corrected chi connectivity index (χ3v) is 6.04. The zero-order chi connectivity index (χ0) is 26.2. The molecule has 9 nitrogen and oxygen atoms in total. The van der Waals surface area contributed by atoms with Crippen molar-refractivity contribution in [2.24, 2.45) is 17.6 Å². The second-order valence-electron chi connectivity index (χ2n) is 8.77. The number of methoxy groups -OCH3 is 1. The number of nitrogens with one attached hydrogen (secondary N) is 1. The molecule has 0 aliphatic rings. The normalized spacial score (nSPS) is 11.6. The number of rotatable bonds is 13. The van der Waals surface area contributed by atoms with Gasteiger partial charge in [0.15, 0.2) is 11.5 Å². The molecule has 1 atom stereocenters.